The lowest BCUT2D eigenvalue weighted by Gasteiger charge is -2.31. The Morgan fingerprint density at radius 1 is 1.18 bits per heavy atom. The van der Waals surface area contributed by atoms with Crippen molar-refractivity contribution in [1.29, 1.82) is 0 Å². The van der Waals surface area contributed by atoms with Crippen molar-refractivity contribution in [3.05, 3.63) is 40.4 Å². The molecule has 1 amide bonds. The summed E-state index contributed by atoms with van der Waals surface area (Å²) in [4.78, 5) is 34.8. The van der Waals surface area contributed by atoms with Gasteiger partial charge in [0.25, 0.3) is 5.56 Å². The molecule has 1 unspecified atom stereocenters. The number of para-hydroxylation sites is 1. The molecule has 1 atom stereocenters. The van der Waals surface area contributed by atoms with Gasteiger partial charge < -0.3 is 15.6 Å². The second kappa shape index (κ2) is 9.82. The van der Waals surface area contributed by atoms with E-state index in [1.54, 1.807) is 6.07 Å². The van der Waals surface area contributed by atoms with Crippen LogP contribution in [0.4, 0.5) is 0 Å². The van der Waals surface area contributed by atoms with Crippen LogP contribution >= 0.6 is 0 Å². The molecule has 2 rings (SSSR count). The summed E-state index contributed by atoms with van der Waals surface area (Å²) in [5.74, 6) is 0.627. The van der Waals surface area contributed by atoms with Crippen LogP contribution in [0.1, 0.15) is 71.7 Å². The van der Waals surface area contributed by atoms with Gasteiger partial charge in [-0.15, -0.1) is 0 Å². The molecule has 0 spiro atoms. The molecule has 28 heavy (non-hydrogen) atoms. The normalized spacial score (nSPS) is 12.9. The summed E-state index contributed by atoms with van der Waals surface area (Å²) in [5.41, 5.74) is 5.95. The number of aromatic amines is 1. The predicted octanol–water partition coefficient (Wildman–Crippen LogP) is 3.77. The van der Waals surface area contributed by atoms with E-state index >= 15 is 0 Å². The summed E-state index contributed by atoms with van der Waals surface area (Å²) < 4.78 is 0. The second-order valence-electron chi connectivity index (χ2n) is 8.67. The summed E-state index contributed by atoms with van der Waals surface area (Å²) in [6.45, 7) is 9.47. The first kappa shape index (κ1) is 22.1. The van der Waals surface area contributed by atoms with Crippen molar-refractivity contribution in [3.63, 3.8) is 0 Å². The Morgan fingerprint density at radius 2 is 1.86 bits per heavy atom. The first-order chi connectivity index (χ1) is 13.2. The Hall–Kier alpha value is -2.21. The summed E-state index contributed by atoms with van der Waals surface area (Å²) in [7, 11) is 0. The monoisotopic (exact) mass is 386 g/mol. The summed E-state index contributed by atoms with van der Waals surface area (Å²) in [6.07, 6.45) is 4.48. The van der Waals surface area contributed by atoms with Gasteiger partial charge in [-0.1, -0.05) is 45.7 Å². The number of nitrogens with one attached hydrogen (secondary N) is 1. The fourth-order valence-corrected chi connectivity index (χ4v) is 3.32. The molecule has 0 radical (unpaired) electrons. The van der Waals surface area contributed by atoms with Gasteiger partial charge in [-0.3, -0.25) is 9.59 Å². The number of hydrogen-bond donors (Lipinski definition) is 2. The number of nitrogens with zero attached hydrogens (tertiary/aromatic N) is 2. The first-order valence-corrected chi connectivity index (χ1v) is 10.2. The lowest BCUT2D eigenvalue weighted by atomic mass is 9.91. The van der Waals surface area contributed by atoms with E-state index in [0.717, 1.165) is 25.7 Å². The van der Waals surface area contributed by atoms with Crippen LogP contribution in [0.25, 0.3) is 10.9 Å². The van der Waals surface area contributed by atoms with Crippen molar-refractivity contribution < 1.29 is 4.79 Å². The Labute approximate surface area is 167 Å². The minimum atomic E-state index is -0.290. The van der Waals surface area contributed by atoms with Gasteiger partial charge in [-0.25, -0.2) is 4.98 Å². The Bertz CT molecular complexity index is 838. The summed E-state index contributed by atoms with van der Waals surface area (Å²) in [6, 6.07) is 6.98. The van der Waals surface area contributed by atoms with Crippen LogP contribution in [0.5, 0.6) is 0 Å². The lowest BCUT2D eigenvalue weighted by molar-refractivity contribution is -0.135. The second-order valence-corrected chi connectivity index (χ2v) is 8.67. The van der Waals surface area contributed by atoms with Crippen molar-refractivity contribution in [2.75, 3.05) is 13.1 Å². The Balaban J connectivity index is 2.25. The average Bonchev–Trinajstić information content (AvgIpc) is 2.62. The van der Waals surface area contributed by atoms with Gasteiger partial charge in [-0.05, 0) is 43.9 Å². The van der Waals surface area contributed by atoms with Crippen molar-refractivity contribution in [1.82, 2.24) is 14.9 Å². The highest BCUT2D eigenvalue weighted by atomic mass is 16.2. The van der Waals surface area contributed by atoms with E-state index in [1.807, 2.05) is 30.0 Å². The smallest absolute Gasteiger partial charge is 0.258 e. The molecular weight excluding hydrogens is 352 g/mol. The SMILES string of the molecule is CC(c1nc2ccccc2c(=O)[nH]1)N(CCCCCCN)C(=O)CC(C)(C)C. The minimum Gasteiger partial charge on any atom is -0.333 e. The summed E-state index contributed by atoms with van der Waals surface area (Å²) >= 11 is 0. The van der Waals surface area contributed by atoms with E-state index in [4.69, 9.17) is 5.73 Å². The highest BCUT2D eigenvalue weighted by molar-refractivity contribution is 5.78. The van der Waals surface area contributed by atoms with Gasteiger partial charge >= 0.3 is 0 Å². The number of hydrogen-bond acceptors (Lipinski definition) is 4. The zero-order valence-electron chi connectivity index (χ0n) is 17.6. The zero-order chi connectivity index (χ0) is 20.7. The number of rotatable bonds is 9. The van der Waals surface area contributed by atoms with Gasteiger partial charge in [0.1, 0.15) is 5.82 Å². The van der Waals surface area contributed by atoms with E-state index < -0.39 is 0 Å². The number of benzene rings is 1. The maximum Gasteiger partial charge on any atom is 0.258 e. The molecular formula is C22H34N4O2. The molecule has 0 fully saturated rings. The number of nitrogens with two attached hydrogens (primary N) is 1. The van der Waals surface area contributed by atoms with Crippen LogP contribution < -0.4 is 11.3 Å². The maximum absolute atomic E-state index is 13.0. The van der Waals surface area contributed by atoms with Crippen LogP contribution in [0.15, 0.2) is 29.1 Å². The standard InChI is InChI=1S/C22H34N4O2/c1-16(20-24-18-12-8-7-11-17(18)21(28)25-20)26(14-10-6-5-9-13-23)19(27)15-22(2,3)4/h7-8,11-12,16H,5-6,9-10,13-15,23H2,1-4H3,(H,24,25,28). The average molecular weight is 387 g/mol. The molecule has 3 N–H and O–H groups in total. The third kappa shape index (κ3) is 6.16. The Morgan fingerprint density at radius 3 is 2.54 bits per heavy atom. The van der Waals surface area contributed by atoms with Gasteiger partial charge in [0.2, 0.25) is 5.91 Å². The third-order valence-corrected chi connectivity index (χ3v) is 4.85. The minimum absolute atomic E-state index is 0.0923. The van der Waals surface area contributed by atoms with Crippen LogP contribution in [-0.2, 0) is 4.79 Å². The van der Waals surface area contributed by atoms with Gasteiger partial charge in [0.05, 0.1) is 16.9 Å². The number of carbonyl (C=O) groups is 1. The zero-order valence-corrected chi connectivity index (χ0v) is 17.6. The maximum atomic E-state index is 13.0. The molecule has 0 saturated carbocycles. The number of H-pyrrole nitrogens is 1. The molecule has 0 aliphatic rings. The van der Waals surface area contributed by atoms with Crippen molar-refractivity contribution in [2.45, 2.75) is 65.8 Å². The van der Waals surface area contributed by atoms with Crippen molar-refractivity contribution >= 4 is 16.8 Å². The quantitative estimate of drug-likeness (QED) is 0.642. The van der Waals surface area contributed by atoms with Crippen LogP contribution in [0.2, 0.25) is 0 Å². The first-order valence-electron chi connectivity index (χ1n) is 10.2. The number of unbranched alkanes of at least 4 members (excludes halogenated alkanes) is 3. The fourth-order valence-electron chi connectivity index (χ4n) is 3.32. The number of aromatic nitrogens is 2. The topological polar surface area (TPSA) is 92.1 Å². The highest BCUT2D eigenvalue weighted by Crippen LogP contribution is 2.25. The number of carbonyl (C=O) groups excluding carboxylic acids is 1. The predicted molar refractivity (Wildman–Crippen MR) is 114 cm³/mol. The molecule has 0 saturated heterocycles. The Kier molecular flexibility index (Phi) is 7.75. The fraction of sp³-hybridized carbons (Fsp3) is 0.591. The molecule has 1 aromatic carbocycles. The molecule has 154 valence electrons. The molecule has 1 aromatic heterocycles. The molecule has 6 nitrogen and oxygen atoms in total. The van der Waals surface area contributed by atoms with Crippen molar-refractivity contribution in [2.24, 2.45) is 11.1 Å². The van der Waals surface area contributed by atoms with Crippen LogP contribution in [0.3, 0.4) is 0 Å². The number of amides is 1. The molecule has 0 bridgehead atoms. The molecule has 6 heteroatoms. The third-order valence-electron chi connectivity index (χ3n) is 4.85. The molecule has 1 heterocycles. The van der Waals surface area contributed by atoms with Gasteiger partial charge in [0, 0.05) is 13.0 Å². The van der Waals surface area contributed by atoms with E-state index in [9.17, 15) is 9.59 Å². The highest BCUT2D eigenvalue weighted by Gasteiger charge is 2.27. The van der Waals surface area contributed by atoms with Crippen LogP contribution in [0, 0.1) is 5.41 Å². The van der Waals surface area contributed by atoms with Gasteiger partial charge in [-0.2, -0.15) is 0 Å². The van der Waals surface area contributed by atoms with E-state index in [1.165, 1.54) is 0 Å². The van der Waals surface area contributed by atoms with E-state index in [2.05, 4.69) is 30.7 Å². The molecule has 0 aliphatic carbocycles. The summed E-state index contributed by atoms with van der Waals surface area (Å²) in [5, 5.41) is 0.563. The van der Waals surface area contributed by atoms with Gasteiger partial charge in [0.15, 0.2) is 0 Å². The molecule has 2 aromatic rings. The molecule has 0 aliphatic heterocycles. The largest absolute Gasteiger partial charge is 0.333 e. The lowest BCUT2D eigenvalue weighted by Crippen LogP contribution is -2.37. The van der Waals surface area contributed by atoms with Crippen molar-refractivity contribution in [3.8, 4) is 0 Å². The van der Waals surface area contributed by atoms with E-state index in [-0.39, 0.29) is 22.9 Å². The van der Waals surface area contributed by atoms with E-state index in [0.29, 0.717) is 36.2 Å². The number of fused-ring (bicyclic) bond motifs is 1. The van der Waals surface area contributed by atoms with Crippen LogP contribution in [-0.4, -0.2) is 33.9 Å².